The Morgan fingerprint density at radius 2 is 1.12 bits per heavy atom. The minimum Gasteiger partial charge on any atom is -0.166 e. The molecule has 0 aromatic heterocycles. The Morgan fingerprint density at radius 3 is 1.77 bits per heavy atom. The SMILES string of the molecule is FC(F)(F)c1ccc(-c2ccc3ccc4cccc5ccc2c3c45)cc1. The van der Waals surface area contributed by atoms with E-state index in [1.807, 2.05) is 18.2 Å². The van der Waals surface area contributed by atoms with Gasteiger partial charge in [-0.1, -0.05) is 66.7 Å². The Balaban J connectivity index is 1.81. The van der Waals surface area contributed by atoms with Crippen LogP contribution in [0.2, 0.25) is 0 Å². The van der Waals surface area contributed by atoms with Crippen molar-refractivity contribution in [3.05, 3.63) is 84.4 Å². The smallest absolute Gasteiger partial charge is 0.166 e. The fraction of sp³-hybridized carbons (Fsp3) is 0.0435. The van der Waals surface area contributed by atoms with Crippen LogP contribution in [0.5, 0.6) is 0 Å². The second-order valence-corrected chi connectivity index (χ2v) is 6.54. The summed E-state index contributed by atoms with van der Waals surface area (Å²) < 4.78 is 38.5. The molecule has 126 valence electrons. The number of hydrogen-bond donors (Lipinski definition) is 0. The van der Waals surface area contributed by atoms with Gasteiger partial charge in [0.15, 0.2) is 0 Å². The Kier molecular flexibility index (Phi) is 3.05. The van der Waals surface area contributed by atoms with Crippen molar-refractivity contribution in [2.45, 2.75) is 6.18 Å². The summed E-state index contributed by atoms with van der Waals surface area (Å²) in [5.74, 6) is 0. The van der Waals surface area contributed by atoms with Gasteiger partial charge in [-0.15, -0.1) is 0 Å². The highest BCUT2D eigenvalue weighted by Crippen LogP contribution is 2.39. The molecule has 0 aliphatic rings. The van der Waals surface area contributed by atoms with Crippen molar-refractivity contribution in [1.82, 2.24) is 0 Å². The topological polar surface area (TPSA) is 0 Å². The Labute approximate surface area is 147 Å². The van der Waals surface area contributed by atoms with Crippen LogP contribution in [0.3, 0.4) is 0 Å². The zero-order valence-electron chi connectivity index (χ0n) is 13.6. The van der Waals surface area contributed by atoms with Gasteiger partial charge in [-0.25, -0.2) is 0 Å². The summed E-state index contributed by atoms with van der Waals surface area (Å²) in [5, 5.41) is 6.91. The van der Waals surface area contributed by atoms with Crippen LogP contribution in [0.15, 0.2) is 78.9 Å². The van der Waals surface area contributed by atoms with Crippen molar-refractivity contribution in [2.24, 2.45) is 0 Å². The standard InChI is InChI=1S/C23H13F3/c24-23(25,26)18-10-6-14(7-11-18)19-12-8-17-5-4-15-2-1-3-16-9-13-20(19)22(17)21(15)16/h1-13H. The highest BCUT2D eigenvalue weighted by atomic mass is 19.4. The maximum absolute atomic E-state index is 12.8. The summed E-state index contributed by atoms with van der Waals surface area (Å²) in [4.78, 5) is 0. The molecule has 0 aliphatic carbocycles. The third-order valence-electron chi connectivity index (χ3n) is 5.05. The number of rotatable bonds is 1. The van der Waals surface area contributed by atoms with Crippen LogP contribution < -0.4 is 0 Å². The normalized spacial score (nSPS) is 12.4. The number of hydrogen-bond acceptors (Lipinski definition) is 0. The molecule has 0 aliphatic heterocycles. The zero-order valence-corrected chi connectivity index (χ0v) is 13.6. The predicted molar refractivity (Wildman–Crippen MR) is 101 cm³/mol. The molecule has 5 aromatic carbocycles. The van der Waals surface area contributed by atoms with E-state index >= 15 is 0 Å². The summed E-state index contributed by atoms with van der Waals surface area (Å²) in [5.41, 5.74) is 1.11. The molecule has 0 saturated carbocycles. The molecule has 0 bridgehead atoms. The number of benzene rings is 5. The molecule has 0 N–H and O–H groups in total. The highest BCUT2D eigenvalue weighted by molar-refractivity contribution is 6.25. The van der Waals surface area contributed by atoms with Crippen LogP contribution in [0.1, 0.15) is 5.56 Å². The van der Waals surface area contributed by atoms with Gasteiger partial charge in [0.1, 0.15) is 0 Å². The lowest BCUT2D eigenvalue weighted by Gasteiger charge is -2.14. The Morgan fingerprint density at radius 1 is 0.538 bits per heavy atom. The van der Waals surface area contributed by atoms with Gasteiger partial charge in [0.25, 0.3) is 0 Å². The molecule has 3 heteroatoms. The van der Waals surface area contributed by atoms with Gasteiger partial charge in [-0.05, 0) is 55.6 Å². The first-order valence-corrected chi connectivity index (χ1v) is 8.36. The van der Waals surface area contributed by atoms with Crippen LogP contribution in [0.25, 0.3) is 43.4 Å². The maximum Gasteiger partial charge on any atom is 0.416 e. The van der Waals surface area contributed by atoms with Crippen LogP contribution in [-0.4, -0.2) is 0 Å². The number of halogens is 3. The molecule has 0 fully saturated rings. The second kappa shape index (κ2) is 5.21. The van der Waals surface area contributed by atoms with Gasteiger partial charge in [0.05, 0.1) is 5.56 Å². The van der Waals surface area contributed by atoms with Crippen LogP contribution in [-0.2, 0) is 6.18 Å². The molecule has 0 unspecified atom stereocenters. The van der Waals surface area contributed by atoms with Crippen molar-refractivity contribution in [2.75, 3.05) is 0 Å². The molecule has 0 atom stereocenters. The minimum atomic E-state index is -4.32. The van der Waals surface area contributed by atoms with E-state index in [4.69, 9.17) is 0 Å². The molecule has 0 nitrogen and oxygen atoms in total. The largest absolute Gasteiger partial charge is 0.416 e. The van der Waals surface area contributed by atoms with Crippen molar-refractivity contribution in [3.63, 3.8) is 0 Å². The van der Waals surface area contributed by atoms with Gasteiger partial charge in [-0.2, -0.15) is 13.2 Å². The summed E-state index contributed by atoms with van der Waals surface area (Å²) in [7, 11) is 0. The first kappa shape index (κ1) is 15.2. The van der Waals surface area contributed by atoms with E-state index in [1.165, 1.54) is 16.2 Å². The van der Waals surface area contributed by atoms with E-state index in [1.54, 1.807) is 12.1 Å². The van der Waals surface area contributed by atoms with E-state index in [9.17, 15) is 13.2 Å². The van der Waals surface area contributed by atoms with E-state index in [0.29, 0.717) is 0 Å². The van der Waals surface area contributed by atoms with Gasteiger partial charge in [-0.3, -0.25) is 0 Å². The van der Waals surface area contributed by atoms with Gasteiger partial charge in [0.2, 0.25) is 0 Å². The lowest BCUT2D eigenvalue weighted by molar-refractivity contribution is -0.137. The first-order valence-electron chi connectivity index (χ1n) is 8.36. The zero-order chi connectivity index (χ0) is 17.9. The molecule has 0 saturated heterocycles. The van der Waals surface area contributed by atoms with Crippen molar-refractivity contribution in [1.29, 1.82) is 0 Å². The quantitative estimate of drug-likeness (QED) is 0.280. The lowest BCUT2D eigenvalue weighted by atomic mass is 9.90. The Hall–Kier alpha value is -3.07. The minimum absolute atomic E-state index is 0.626. The Bertz CT molecular complexity index is 1230. The summed E-state index contributed by atoms with van der Waals surface area (Å²) >= 11 is 0. The summed E-state index contributed by atoms with van der Waals surface area (Å²) in [6, 6.07) is 24.0. The molecule has 0 spiro atoms. The van der Waals surface area contributed by atoms with Crippen LogP contribution in [0.4, 0.5) is 13.2 Å². The molecular weight excluding hydrogens is 333 g/mol. The fourth-order valence-electron chi connectivity index (χ4n) is 3.83. The molecule has 0 radical (unpaired) electrons. The molecule has 5 aromatic rings. The van der Waals surface area contributed by atoms with E-state index in [0.717, 1.165) is 39.4 Å². The fourth-order valence-corrected chi connectivity index (χ4v) is 3.83. The third kappa shape index (κ3) is 2.17. The van der Waals surface area contributed by atoms with Crippen LogP contribution >= 0.6 is 0 Å². The lowest BCUT2D eigenvalue weighted by Crippen LogP contribution is -2.04. The van der Waals surface area contributed by atoms with Crippen molar-refractivity contribution >= 4 is 32.3 Å². The molecular formula is C23H13F3. The molecule has 0 heterocycles. The maximum atomic E-state index is 12.8. The second-order valence-electron chi connectivity index (χ2n) is 6.54. The van der Waals surface area contributed by atoms with Gasteiger partial charge in [0, 0.05) is 0 Å². The summed E-state index contributed by atoms with van der Waals surface area (Å²) in [6.45, 7) is 0. The van der Waals surface area contributed by atoms with Gasteiger partial charge >= 0.3 is 6.18 Å². The molecule has 5 rings (SSSR count). The average molecular weight is 346 g/mol. The van der Waals surface area contributed by atoms with E-state index in [-0.39, 0.29) is 0 Å². The van der Waals surface area contributed by atoms with Gasteiger partial charge < -0.3 is 0 Å². The summed E-state index contributed by atoms with van der Waals surface area (Å²) in [6.07, 6.45) is -4.32. The monoisotopic (exact) mass is 346 g/mol. The predicted octanol–water partition coefficient (Wildman–Crippen LogP) is 7.27. The average Bonchev–Trinajstić information content (AvgIpc) is 2.65. The first-order chi connectivity index (χ1) is 12.5. The van der Waals surface area contributed by atoms with E-state index in [2.05, 4.69) is 36.4 Å². The van der Waals surface area contributed by atoms with Crippen LogP contribution in [0, 0.1) is 0 Å². The number of alkyl halides is 3. The highest BCUT2D eigenvalue weighted by Gasteiger charge is 2.30. The van der Waals surface area contributed by atoms with E-state index < -0.39 is 11.7 Å². The van der Waals surface area contributed by atoms with Crippen molar-refractivity contribution in [3.8, 4) is 11.1 Å². The third-order valence-corrected chi connectivity index (χ3v) is 5.05. The molecule has 0 amide bonds. The molecule has 26 heavy (non-hydrogen) atoms. The van der Waals surface area contributed by atoms with Crippen molar-refractivity contribution < 1.29 is 13.2 Å².